The monoisotopic (exact) mass is 366 g/mol. The number of hydrogen-bond acceptors (Lipinski definition) is 2. The quantitative estimate of drug-likeness (QED) is 0.694. The van der Waals surface area contributed by atoms with E-state index in [1.807, 2.05) is 0 Å². The Morgan fingerprint density at radius 2 is 1.15 bits per heavy atom. The Kier molecular flexibility index (Phi) is 20.3. The van der Waals surface area contributed by atoms with Crippen molar-refractivity contribution >= 4 is 0 Å². The maximum Gasteiger partial charge on any atom is 0.0522 e. The fourth-order valence-electron chi connectivity index (χ4n) is 0.246. The van der Waals surface area contributed by atoms with Gasteiger partial charge in [0.1, 0.15) is 0 Å². The minimum absolute atomic E-state index is 0. The van der Waals surface area contributed by atoms with Gasteiger partial charge in [0.15, 0.2) is 0 Å². The van der Waals surface area contributed by atoms with Crippen LogP contribution in [0.25, 0.3) is 0 Å². The zero-order chi connectivity index (χ0) is 7.71. The molecular weight excluding hydrogens is 350 g/mol. The van der Waals surface area contributed by atoms with Crippen molar-refractivity contribution in [3.8, 4) is 0 Å². The molecule has 0 aromatic carbocycles. The van der Waals surface area contributed by atoms with Gasteiger partial charge in [0, 0.05) is 27.5 Å². The zero-order valence-electron chi connectivity index (χ0n) is 8.42. The largest absolute Gasteiger partial charge is 2.00 e. The molecule has 5 nitrogen and oxygen atoms in total. The maximum absolute atomic E-state index is 11.2. The van der Waals surface area contributed by atoms with Crippen LogP contribution in [0.3, 0.4) is 0 Å². The number of hydrogen-bond donors (Lipinski definition) is 0. The Balaban J connectivity index is -0.0000000533. The first-order chi connectivity index (χ1) is 3.81. The van der Waals surface area contributed by atoms with Crippen LogP contribution in [-0.4, -0.2) is 18.3 Å². The molecule has 0 aromatic rings. The summed E-state index contributed by atoms with van der Waals surface area (Å²) in [5, 5.41) is 11.2. The molecule has 0 fully saturated rings. The summed E-state index contributed by atoms with van der Waals surface area (Å²) in [4.78, 5) is 0. The first-order valence-electron chi connectivity index (χ1n) is 3.07. The van der Waals surface area contributed by atoms with E-state index < -0.39 is 11.2 Å². The van der Waals surface area contributed by atoms with Crippen molar-refractivity contribution in [2.45, 2.75) is 38.9 Å². The van der Waals surface area contributed by atoms with Gasteiger partial charge in [0.25, 0.3) is 0 Å². The topological polar surface area (TPSA) is 118 Å². The molecule has 0 bridgehead atoms. The van der Waals surface area contributed by atoms with Crippen molar-refractivity contribution < 1.29 is 46.7 Å². The average molecular weight is 365 g/mol. The van der Waals surface area contributed by atoms with E-state index in [9.17, 15) is 5.11 Å². The molecule has 0 rings (SSSR count). The van der Waals surface area contributed by atoms with Crippen LogP contribution < -0.4 is 5.11 Å². The SMILES string of the molecule is COC(C)(C)C(C)(C)[O-].[O-2].[O-2].[O-2].[Re]. The number of methoxy groups -OCH3 is 1. The minimum Gasteiger partial charge on any atom is -2.00 e. The molecule has 0 aromatic heterocycles. The van der Waals surface area contributed by atoms with Crippen molar-refractivity contribution in [1.29, 1.82) is 0 Å². The molecule has 6 heteroatoms. The van der Waals surface area contributed by atoms with Gasteiger partial charge in [0.05, 0.1) is 5.60 Å². The fourth-order valence-corrected chi connectivity index (χ4v) is 0.246. The molecule has 0 spiro atoms. The van der Waals surface area contributed by atoms with E-state index in [0.29, 0.717) is 0 Å². The molecule has 0 saturated carbocycles. The van der Waals surface area contributed by atoms with Gasteiger partial charge in [-0.05, 0) is 13.8 Å². The van der Waals surface area contributed by atoms with Gasteiger partial charge in [-0.25, -0.2) is 0 Å². The molecule has 0 aliphatic heterocycles. The van der Waals surface area contributed by atoms with Crippen molar-refractivity contribution in [2.75, 3.05) is 7.11 Å². The van der Waals surface area contributed by atoms with Gasteiger partial charge in [-0.1, -0.05) is 19.4 Å². The van der Waals surface area contributed by atoms with E-state index in [-0.39, 0.29) is 36.9 Å². The van der Waals surface area contributed by atoms with E-state index in [0.717, 1.165) is 0 Å². The van der Waals surface area contributed by atoms with E-state index in [1.165, 1.54) is 0 Å². The van der Waals surface area contributed by atoms with Gasteiger partial charge < -0.3 is 26.3 Å². The summed E-state index contributed by atoms with van der Waals surface area (Å²) in [6, 6.07) is 0. The predicted molar refractivity (Wildman–Crippen MR) is 37.2 cm³/mol. The maximum atomic E-state index is 11.2. The summed E-state index contributed by atoms with van der Waals surface area (Å²) in [5.74, 6) is 0. The van der Waals surface area contributed by atoms with E-state index in [2.05, 4.69) is 0 Å². The second-order valence-corrected chi connectivity index (χ2v) is 3.22. The molecule has 0 N–H and O–H groups in total. The first-order valence-corrected chi connectivity index (χ1v) is 3.07. The van der Waals surface area contributed by atoms with Crippen molar-refractivity contribution in [1.82, 2.24) is 0 Å². The molecule has 0 unspecified atom stereocenters. The molecule has 1 radical (unpaired) electrons. The normalized spacial score (nSPS) is 9.69. The Morgan fingerprint density at radius 3 is 1.15 bits per heavy atom. The third-order valence-electron chi connectivity index (χ3n) is 1.96. The summed E-state index contributed by atoms with van der Waals surface area (Å²) in [6.45, 7) is 6.83. The van der Waals surface area contributed by atoms with Crippen LogP contribution in [0.4, 0.5) is 0 Å². The summed E-state index contributed by atoms with van der Waals surface area (Å²) < 4.78 is 4.99. The Morgan fingerprint density at radius 1 is 0.923 bits per heavy atom. The van der Waals surface area contributed by atoms with Gasteiger partial charge in [-0.2, -0.15) is 0 Å². The van der Waals surface area contributed by atoms with Crippen molar-refractivity contribution in [3.63, 3.8) is 0 Å². The van der Waals surface area contributed by atoms with Gasteiger partial charge in [-0.15, -0.1) is 0 Å². The number of ether oxygens (including phenoxy) is 1. The first kappa shape index (κ1) is 29.2. The van der Waals surface area contributed by atoms with Crippen LogP contribution in [0.15, 0.2) is 0 Å². The summed E-state index contributed by atoms with van der Waals surface area (Å²) in [6.07, 6.45) is 0. The van der Waals surface area contributed by atoms with Gasteiger partial charge in [-0.3, -0.25) is 0 Å². The molecular formula is C7H15O5Re-7. The third kappa shape index (κ3) is 8.78. The van der Waals surface area contributed by atoms with Gasteiger partial charge in [0.2, 0.25) is 0 Å². The van der Waals surface area contributed by atoms with Crippen LogP contribution in [0.5, 0.6) is 0 Å². The zero-order valence-corrected chi connectivity index (χ0v) is 11.1. The Hall–Kier alpha value is 0.462. The Labute approximate surface area is 93.1 Å². The van der Waals surface area contributed by atoms with Crippen LogP contribution >= 0.6 is 0 Å². The summed E-state index contributed by atoms with van der Waals surface area (Å²) in [7, 11) is 1.56. The molecule has 87 valence electrons. The van der Waals surface area contributed by atoms with Crippen molar-refractivity contribution in [2.24, 2.45) is 0 Å². The molecule has 0 aliphatic rings. The van der Waals surface area contributed by atoms with Crippen LogP contribution in [0, 0.1) is 0 Å². The number of rotatable bonds is 2. The predicted octanol–water partition coefficient (Wildman–Crippen LogP) is 0.191. The third-order valence-corrected chi connectivity index (χ3v) is 1.96. The summed E-state index contributed by atoms with van der Waals surface area (Å²) >= 11 is 0. The average Bonchev–Trinajstić information content (AvgIpc) is 1.64. The molecule has 13 heavy (non-hydrogen) atoms. The van der Waals surface area contributed by atoms with E-state index in [1.54, 1.807) is 34.8 Å². The van der Waals surface area contributed by atoms with Crippen LogP contribution in [0.2, 0.25) is 0 Å². The second-order valence-electron chi connectivity index (χ2n) is 3.22. The van der Waals surface area contributed by atoms with Crippen LogP contribution in [-0.2, 0) is 41.6 Å². The van der Waals surface area contributed by atoms with E-state index in [4.69, 9.17) is 4.74 Å². The molecule has 0 saturated heterocycles. The summed E-state index contributed by atoms with van der Waals surface area (Å²) in [5.41, 5.74) is -1.60. The molecule has 0 amide bonds. The van der Waals surface area contributed by atoms with Crippen LogP contribution in [0.1, 0.15) is 27.7 Å². The Bertz CT molecular complexity index is 99.5. The molecule has 0 atom stereocenters. The molecule has 0 aliphatic carbocycles. The minimum atomic E-state index is -1.03. The van der Waals surface area contributed by atoms with Gasteiger partial charge >= 0.3 is 0 Å². The standard InChI is InChI=1S/C7H15O2.3O.Re/c1-6(2,8)7(3,4)9-5;;;;/h1-5H3;;;;/q-1;3*-2;. The van der Waals surface area contributed by atoms with E-state index >= 15 is 0 Å². The smallest absolute Gasteiger partial charge is 0.0522 e. The second kappa shape index (κ2) is 9.03. The molecule has 0 heterocycles. The van der Waals surface area contributed by atoms with Crippen molar-refractivity contribution in [3.05, 3.63) is 0 Å². The fraction of sp³-hybridized carbons (Fsp3) is 1.00.